The lowest BCUT2D eigenvalue weighted by Gasteiger charge is -2.17. The number of carbonyl (C=O) groups is 3. The summed E-state index contributed by atoms with van der Waals surface area (Å²) < 4.78 is 5.23. The molecule has 0 spiro atoms. The highest BCUT2D eigenvalue weighted by molar-refractivity contribution is 7.10. The molecule has 0 fully saturated rings. The monoisotopic (exact) mass is 421 g/mol. The number of rotatable bonds is 7. The van der Waals surface area contributed by atoms with E-state index in [0.717, 1.165) is 16.0 Å². The van der Waals surface area contributed by atoms with E-state index in [-0.39, 0.29) is 29.4 Å². The SMILES string of the molecule is Cc1ccc(C(=O)c2ccccc2C(=O)OCC(=O)N(C)Cc2sccc2C)cc1. The smallest absolute Gasteiger partial charge is 0.339 e. The Bertz CT molecular complexity index is 1070. The third-order valence-electron chi connectivity index (χ3n) is 4.81. The highest BCUT2D eigenvalue weighted by Crippen LogP contribution is 2.18. The van der Waals surface area contributed by atoms with Crippen molar-refractivity contribution in [3.8, 4) is 0 Å². The van der Waals surface area contributed by atoms with Crippen molar-refractivity contribution in [2.75, 3.05) is 13.7 Å². The number of thiophene rings is 1. The van der Waals surface area contributed by atoms with Gasteiger partial charge in [-0.3, -0.25) is 9.59 Å². The number of hydrogen-bond acceptors (Lipinski definition) is 5. The van der Waals surface area contributed by atoms with E-state index in [4.69, 9.17) is 4.74 Å². The van der Waals surface area contributed by atoms with Crippen LogP contribution in [0.1, 0.15) is 42.3 Å². The van der Waals surface area contributed by atoms with E-state index in [2.05, 4.69) is 0 Å². The molecule has 0 bridgehead atoms. The summed E-state index contributed by atoms with van der Waals surface area (Å²) in [4.78, 5) is 40.5. The second-order valence-corrected chi connectivity index (χ2v) is 8.09. The van der Waals surface area contributed by atoms with Crippen LogP contribution >= 0.6 is 11.3 Å². The fraction of sp³-hybridized carbons (Fsp3) is 0.208. The molecule has 0 aliphatic rings. The Morgan fingerprint density at radius 2 is 1.60 bits per heavy atom. The van der Waals surface area contributed by atoms with Gasteiger partial charge in [0.15, 0.2) is 12.4 Å². The lowest BCUT2D eigenvalue weighted by atomic mass is 9.98. The lowest BCUT2D eigenvalue weighted by Crippen LogP contribution is -2.31. The summed E-state index contributed by atoms with van der Waals surface area (Å²) in [7, 11) is 1.67. The average molecular weight is 422 g/mol. The molecule has 6 heteroatoms. The summed E-state index contributed by atoms with van der Waals surface area (Å²) in [5.74, 6) is -1.27. The Balaban J connectivity index is 1.67. The minimum absolute atomic E-state index is 0.146. The largest absolute Gasteiger partial charge is 0.452 e. The molecule has 0 atom stereocenters. The summed E-state index contributed by atoms with van der Waals surface area (Å²) in [5.41, 5.74) is 3.05. The molecule has 1 heterocycles. The number of benzene rings is 2. The molecule has 3 aromatic rings. The van der Waals surface area contributed by atoms with E-state index >= 15 is 0 Å². The van der Waals surface area contributed by atoms with E-state index in [1.807, 2.05) is 37.4 Å². The minimum Gasteiger partial charge on any atom is -0.452 e. The molecule has 0 aliphatic carbocycles. The zero-order chi connectivity index (χ0) is 21.7. The first-order chi connectivity index (χ1) is 14.4. The highest BCUT2D eigenvalue weighted by atomic mass is 32.1. The van der Waals surface area contributed by atoms with Crippen LogP contribution in [0.2, 0.25) is 0 Å². The number of hydrogen-bond donors (Lipinski definition) is 0. The van der Waals surface area contributed by atoms with E-state index in [9.17, 15) is 14.4 Å². The van der Waals surface area contributed by atoms with Crippen molar-refractivity contribution >= 4 is 29.0 Å². The Hall–Kier alpha value is -3.25. The molecule has 0 aliphatic heterocycles. The molecule has 1 amide bonds. The van der Waals surface area contributed by atoms with Crippen molar-refractivity contribution in [1.82, 2.24) is 4.90 Å². The van der Waals surface area contributed by atoms with Crippen molar-refractivity contribution in [2.24, 2.45) is 0 Å². The van der Waals surface area contributed by atoms with Crippen molar-refractivity contribution in [2.45, 2.75) is 20.4 Å². The fourth-order valence-electron chi connectivity index (χ4n) is 2.90. The number of ether oxygens (including phenoxy) is 1. The molecule has 154 valence electrons. The van der Waals surface area contributed by atoms with E-state index in [1.165, 1.54) is 11.0 Å². The van der Waals surface area contributed by atoms with Gasteiger partial charge < -0.3 is 9.64 Å². The van der Waals surface area contributed by atoms with Crippen molar-refractivity contribution in [3.05, 3.63) is 92.7 Å². The molecule has 2 aromatic carbocycles. The van der Waals surface area contributed by atoms with Crippen molar-refractivity contribution in [1.29, 1.82) is 0 Å². The zero-order valence-electron chi connectivity index (χ0n) is 17.2. The van der Waals surface area contributed by atoms with Crippen LogP contribution < -0.4 is 0 Å². The van der Waals surface area contributed by atoms with Crippen LogP contribution in [0.3, 0.4) is 0 Å². The molecular formula is C24H23NO4S. The van der Waals surface area contributed by atoms with Gasteiger partial charge >= 0.3 is 5.97 Å². The first kappa shape index (κ1) is 21.5. The van der Waals surface area contributed by atoms with Gasteiger partial charge in [0.25, 0.3) is 5.91 Å². The molecule has 0 N–H and O–H groups in total. The second kappa shape index (κ2) is 9.50. The van der Waals surface area contributed by atoms with Crippen molar-refractivity contribution in [3.63, 3.8) is 0 Å². The quantitative estimate of drug-likeness (QED) is 0.419. The van der Waals surface area contributed by atoms with Crippen LogP contribution in [0.25, 0.3) is 0 Å². The highest BCUT2D eigenvalue weighted by Gasteiger charge is 2.21. The van der Waals surface area contributed by atoms with Crippen LogP contribution in [-0.2, 0) is 16.1 Å². The summed E-state index contributed by atoms with van der Waals surface area (Å²) in [6.07, 6.45) is 0. The van der Waals surface area contributed by atoms with Gasteiger partial charge in [0.05, 0.1) is 12.1 Å². The van der Waals surface area contributed by atoms with Gasteiger partial charge in [0.2, 0.25) is 0 Å². The van der Waals surface area contributed by atoms with Gasteiger partial charge in [-0.25, -0.2) is 4.79 Å². The van der Waals surface area contributed by atoms with Crippen LogP contribution in [0.5, 0.6) is 0 Å². The van der Waals surface area contributed by atoms with Gasteiger partial charge in [0, 0.05) is 23.1 Å². The maximum absolute atomic E-state index is 12.9. The van der Waals surface area contributed by atoms with Gasteiger partial charge in [-0.15, -0.1) is 11.3 Å². The summed E-state index contributed by atoms with van der Waals surface area (Å²) >= 11 is 1.58. The standard InChI is InChI=1S/C24H23NO4S/c1-16-8-10-18(11-9-16)23(27)19-6-4-5-7-20(19)24(28)29-15-22(26)25(3)14-21-17(2)12-13-30-21/h4-13H,14-15H2,1-3H3. The number of nitrogens with zero attached hydrogens (tertiary/aromatic N) is 1. The van der Waals surface area contributed by atoms with E-state index in [1.54, 1.807) is 48.7 Å². The predicted octanol–water partition coefficient (Wildman–Crippen LogP) is 4.41. The van der Waals surface area contributed by atoms with Gasteiger partial charge in [-0.2, -0.15) is 0 Å². The lowest BCUT2D eigenvalue weighted by molar-refractivity contribution is -0.133. The third-order valence-corrected chi connectivity index (χ3v) is 5.81. The Morgan fingerprint density at radius 1 is 0.933 bits per heavy atom. The number of amides is 1. The zero-order valence-corrected chi connectivity index (χ0v) is 18.0. The minimum atomic E-state index is -0.694. The Kier molecular flexibility index (Phi) is 6.79. The van der Waals surface area contributed by atoms with Gasteiger partial charge in [-0.1, -0.05) is 48.0 Å². The summed E-state index contributed by atoms with van der Waals surface area (Å²) in [5, 5.41) is 1.98. The summed E-state index contributed by atoms with van der Waals surface area (Å²) in [6, 6.07) is 15.6. The number of carbonyl (C=O) groups excluding carboxylic acids is 3. The Morgan fingerprint density at radius 3 is 2.23 bits per heavy atom. The number of ketones is 1. The number of likely N-dealkylation sites (N-methyl/N-ethyl adjacent to an activating group) is 1. The van der Waals surface area contributed by atoms with Crippen molar-refractivity contribution < 1.29 is 19.1 Å². The molecular weight excluding hydrogens is 398 g/mol. The van der Waals surface area contributed by atoms with Crippen LogP contribution in [0.4, 0.5) is 0 Å². The van der Waals surface area contributed by atoms with Crippen LogP contribution in [0, 0.1) is 13.8 Å². The van der Waals surface area contributed by atoms with Crippen LogP contribution in [-0.4, -0.2) is 36.2 Å². The maximum Gasteiger partial charge on any atom is 0.339 e. The molecule has 0 unspecified atom stereocenters. The van der Waals surface area contributed by atoms with Gasteiger partial charge in [-0.05, 0) is 36.9 Å². The first-order valence-electron chi connectivity index (χ1n) is 9.51. The third kappa shape index (κ3) is 5.02. The fourth-order valence-corrected chi connectivity index (χ4v) is 3.86. The first-order valence-corrected chi connectivity index (χ1v) is 10.4. The van der Waals surface area contributed by atoms with Gasteiger partial charge in [0.1, 0.15) is 0 Å². The van der Waals surface area contributed by atoms with Crippen LogP contribution in [0.15, 0.2) is 60.0 Å². The molecule has 1 aromatic heterocycles. The summed E-state index contributed by atoms with van der Waals surface area (Å²) in [6.45, 7) is 4.01. The van der Waals surface area contributed by atoms with E-state index < -0.39 is 5.97 Å². The number of esters is 1. The maximum atomic E-state index is 12.9. The normalized spacial score (nSPS) is 10.5. The molecule has 30 heavy (non-hydrogen) atoms. The molecule has 3 rings (SSSR count). The predicted molar refractivity (Wildman–Crippen MR) is 117 cm³/mol. The topological polar surface area (TPSA) is 63.7 Å². The average Bonchev–Trinajstić information content (AvgIpc) is 3.16. The molecule has 0 saturated carbocycles. The molecule has 5 nitrogen and oxygen atoms in total. The Labute approximate surface area is 179 Å². The molecule has 0 saturated heterocycles. The van der Waals surface area contributed by atoms with E-state index in [0.29, 0.717) is 12.1 Å². The molecule has 0 radical (unpaired) electrons. The second-order valence-electron chi connectivity index (χ2n) is 7.09. The number of aryl methyl sites for hydroxylation is 2.